The van der Waals surface area contributed by atoms with Gasteiger partial charge in [-0.2, -0.15) is 0 Å². The molecule has 0 atom stereocenters. The maximum Gasteiger partial charge on any atom is 0.193 e. The van der Waals surface area contributed by atoms with Gasteiger partial charge in [-0.3, -0.25) is 4.99 Å². The van der Waals surface area contributed by atoms with Crippen molar-refractivity contribution in [1.82, 2.24) is 0 Å². The Hall–Kier alpha value is -2.00. The van der Waals surface area contributed by atoms with E-state index in [1.54, 1.807) is 0 Å². The third-order valence-corrected chi connectivity index (χ3v) is 3.54. The Balaban J connectivity index is 1.78. The van der Waals surface area contributed by atoms with E-state index in [4.69, 9.17) is 17.3 Å². The van der Waals surface area contributed by atoms with Gasteiger partial charge in [0.25, 0.3) is 0 Å². The summed E-state index contributed by atoms with van der Waals surface area (Å²) in [6.07, 6.45) is 1.82. The zero-order valence-corrected chi connectivity index (χ0v) is 12.9. The molecule has 0 aromatic heterocycles. The average Bonchev–Trinajstić information content (AvgIpc) is 2.48. The van der Waals surface area contributed by atoms with Gasteiger partial charge >= 0.3 is 0 Å². The van der Waals surface area contributed by atoms with Crippen LogP contribution in [0.25, 0.3) is 0 Å². The van der Waals surface area contributed by atoms with Crippen molar-refractivity contribution in [2.75, 3.05) is 11.9 Å². The highest BCUT2D eigenvalue weighted by molar-refractivity contribution is 6.31. The molecule has 0 saturated carbocycles. The molecule has 21 heavy (non-hydrogen) atoms. The molecule has 2 rings (SSSR count). The quantitative estimate of drug-likeness (QED) is 0.498. The summed E-state index contributed by atoms with van der Waals surface area (Å²) < 4.78 is 0. The van der Waals surface area contributed by atoms with Crippen molar-refractivity contribution in [1.29, 1.82) is 0 Å². The highest BCUT2D eigenvalue weighted by atomic mass is 35.5. The summed E-state index contributed by atoms with van der Waals surface area (Å²) in [4.78, 5) is 4.33. The fourth-order valence-corrected chi connectivity index (χ4v) is 2.22. The summed E-state index contributed by atoms with van der Waals surface area (Å²) in [5, 5.41) is 3.89. The van der Waals surface area contributed by atoms with Gasteiger partial charge in [0, 0.05) is 17.3 Å². The van der Waals surface area contributed by atoms with E-state index in [-0.39, 0.29) is 0 Å². The Labute approximate surface area is 130 Å². The molecule has 110 valence electrons. The molecule has 2 aromatic carbocycles. The van der Waals surface area contributed by atoms with Gasteiger partial charge in [-0.15, -0.1) is 0 Å². The number of hydrogen-bond donors (Lipinski definition) is 2. The molecular weight excluding hydrogens is 282 g/mol. The molecule has 0 unspecified atom stereocenters. The summed E-state index contributed by atoms with van der Waals surface area (Å²) in [6, 6.07) is 15.9. The standard InChI is InChI=1S/C17H20ClN3/c1-13-8-10-15(11-9-13)21-17(19)20-12-4-6-14-5-2-3-7-16(14)18/h2-3,5,7-11H,4,6,12H2,1H3,(H3,19,20,21). The van der Waals surface area contributed by atoms with Crippen LogP contribution in [-0.2, 0) is 6.42 Å². The van der Waals surface area contributed by atoms with E-state index >= 15 is 0 Å². The van der Waals surface area contributed by atoms with Crippen molar-refractivity contribution in [2.45, 2.75) is 19.8 Å². The molecule has 0 bridgehead atoms. The number of aryl methyl sites for hydroxylation is 2. The summed E-state index contributed by atoms with van der Waals surface area (Å²) >= 11 is 6.11. The van der Waals surface area contributed by atoms with Gasteiger partial charge in [0.05, 0.1) is 0 Å². The fourth-order valence-electron chi connectivity index (χ4n) is 1.99. The Bertz CT molecular complexity index is 606. The first-order chi connectivity index (χ1) is 10.1. The van der Waals surface area contributed by atoms with Gasteiger partial charge in [0.15, 0.2) is 5.96 Å². The molecule has 0 aliphatic carbocycles. The maximum atomic E-state index is 6.11. The van der Waals surface area contributed by atoms with Crippen LogP contribution in [-0.4, -0.2) is 12.5 Å². The third-order valence-electron chi connectivity index (χ3n) is 3.17. The van der Waals surface area contributed by atoms with E-state index in [0.717, 1.165) is 29.1 Å². The van der Waals surface area contributed by atoms with Gasteiger partial charge in [-0.1, -0.05) is 47.5 Å². The number of rotatable bonds is 5. The molecule has 2 aromatic rings. The van der Waals surface area contributed by atoms with E-state index in [9.17, 15) is 0 Å². The number of benzene rings is 2. The number of hydrogen-bond acceptors (Lipinski definition) is 1. The lowest BCUT2D eigenvalue weighted by molar-refractivity contribution is 0.832. The average molecular weight is 302 g/mol. The van der Waals surface area contributed by atoms with Crippen LogP contribution < -0.4 is 11.1 Å². The zero-order valence-electron chi connectivity index (χ0n) is 12.1. The molecule has 0 fully saturated rings. The van der Waals surface area contributed by atoms with Gasteiger partial charge in [0.2, 0.25) is 0 Å². The molecule has 0 spiro atoms. The van der Waals surface area contributed by atoms with Crippen molar-refractivity contribution in [3.05, 3.63) is 64.7 Å². The Kier molecular flexibility index (Phi) is 5.64. The SMILES string of the molecule is Cc1ccc(NC(N)=NCCCc2ccccc2Cl)cc1. The van der Waals surface area contributed by atoms with Crippen LogP contribution >= 0.6 is 11.6 Å². The number of anilines is 1. The minimum atomic E-state index is 0.443. The van der Waals surface area contributed by atoms with Gasteiger partial charge < -0.3 is 11.1 Å². The van der Waals surface area contributed by atoms with Crippen molar-refractivity contribution >= 4 is 23.2 Å². The van der Waals surface area contributed by atoms with E-state index in [1.807, 2.05) is 48.5 Å². The lowest BCUT2D eigenvalue weighted by Crippen LogP contribution is -2.22. The van der Waals surface area contributed by atoms with Gasteiger partial charge in [-0.25, -0.2) is 0 Å². The Morgan fingerprint density at radius 1 is 1.14 bits per heavy atom. The van der Waals surface area contributed by atoms with Crippen molar-refractivity contribution < 1.29 is 0 Å². The van der Waals surface area contributed by atoms with Crippen molar-refractivity contribution in [3.8, 4) is 0 Å². The number of guanidine groups is 1. The monoisotopic (exact) mass is 301 g/mol. The van der Waals surface area contributed by atoms with Gasteiger partial charge in [-0.05, 0) is 43.5 Å². The zero-order chi connectivity index (χ0) is 15.1. The number of halogens is 1. The minimum absolute atomic E-state index is 0.443. The molecule has 0 aliphatic heterocycles. The van der Waals surface area contributed by atoms with Crippen molar-refractivity contribution in [2.24, 2.45) is 10.7 Å². The topological polar surface area (TPSA) is 50.4 Å². The number of nitrogens with one attached hydrogen (secondary N) is 1. The molecule has 0 saturated heterocycles. The highest BCUT2D eigenvalue weighted by Crippen LogP contribution is 2.16. The molecule has 0 radical (unpaired) electrons. The first-order valence-electron chi connectivity index (χ1n) is 7.02. The van der Waals surface area contributed by atoms with E-state index < -0.39 is 0 Å². The van der Waals surface area contributed by atoms with Crippen LogP contribution in [0.15, 0.2) is 53.5 Å². The number of aliphatic imine (C=N–C) groups is 1. The minimum Gasteiger partial charge on any atom is -0.370 e. The summed E-state index contributed by atoms with van der Waals surface area (Å²) in [6.45, 7) is 2.73. The smallest absolute Gasteiger partial charge is 0.193 e. The van der Waals surface area contributed by atoms with E-state index in [1.165, 1.54) is 5.56 Å². The number of nitrogens with zero attached hydrogens (tertiary/aromatic N) is 1. The van der Waals surface area contributed by atoms with Crippen molar-refractivity contribution in [3.63, 3.8) is 0 Å². The number of nitrogens with two attached hydrogens (primary N) is 1. The molecule has 4 heteroatoms. The molecule has 3 nitrogen and oxygen atoms in total. The summed E-state index contributed by atoms with van der Waals surface area (Å²) in [5.41, 5.74) is 9.19. The molecule has 0 aliphatic rings. The van der Waals surface area contributed by atoms with Crippen LogP contribution in [0.5, 0.6) is 0 Å². The van der Waals surface area contributed by atoms with Crippen LogP contribution in [0.4, 0.5) is 5.69 Å². The Morgan fingerprint density at radius 2 is 1.86 bits per heavy atom. The second-order valence-corrected chi connectivity index (χ2v) is 5.36. The van der Waals surface area contributed by atoms with Crippen LogP contribution in [0, 0.1) is 6.92 Å². The predicted octanol–water partition coefficient (Wildman–Crippen LogP) is 4.01. The van der Waals surface area contributed by atoms with E-state index in [0.29, 0.717) is 12.5 Å². The molecule has 3 N–H and O–H groups in total. The largest absolute Gasteiger partial charge is 0.370 e. The normalized spacial score (nSPS) is 11.4. The highest BCUT2D eigenvalue weighted by Gasteiger charge is 1.99. The third kappa shape index (κ3) is 5.12. The fraction of sp³-hybridized carbons (Fsp3) is 0.235. The van der Waals surface area contributed by atoms with Crippen LogP contribution in [0.2, 0.25) is 5.02 Å². The molecular formula is C17H20ClN3. The lowest BCUT2D eigenvalue weighted by atomic mass is 10.1. The summed E-state index contributed by atoms with van der Waals surface area (Å²) in [5.74, 6) is 0.443. The maximum absolute atomic E-state index is 6.11. The second kappa shape index (κ2) is 7.70. The summed E-state index contributed by atoms with van der Waals surface area (Å²) in [7, 11) is 0. The first kappa shape index (κ1) is 15.4. The predicted molar refractivity (Wildman–Crippen MR) is 91.1 cm³/mol. The molecule has 0 amide bonds. The Morgan fingerprint density at radius 3 is 2.57 bits per heavy atom. The van der Waals surface area contributed by atoms with E-state index in [2.05, 4.69) is 17.2 Å². The lowest BCUT2D eigenvalue weighted by Gasteiger charge is -2.06. The first-order valence-corrected chi connectivity index (χ1v) is 7.40. The second-order valence-electron chi connectivity index (χ2n) is 4.95. The van der Waals surface area contributed by atoms with Crippen LogP contribution in [0.3, 0.4) is 0 Å². The molecule has 0 heterocycles. The van der Waals surface area contributed by atoms with Crippen LogP contribution in [0.1, 0.15) is 17.5 Å². The van der Waals surface area contributed by atoms with Gasteiger partial charge in [0.1, 0.15) is 0 Å².